The van der Waals surface area contributed by atoms with Crippen LogP contribution in [0.25, 0.3) is 0 Å². The van der Waals surface area contributed by atoms with Crippen LogP contribution in [0.2, 0.25) is 0 Å². The SMILES string of the molecule is O=C(CSCCSCC(=O)Nc1ccccc1)Nc1ccccc1. The van der Waals surface area contributed by atoms with E-state index >= 15 is 0 Å². The maximum atomic E-state index is 11.8. The number of benzene rings is 2. The first-order valence-electron chi connectivity index (χ1n) is 7.59. The van der Waals surface area contributed by atoms with Crippen LogP contribution >= 0.6 is 23.5 Å². The Balaban J connectivity index is 1.50. The second-order valence-corrected chi connectivity index (χ2v) is 7.14. The van der Waals surface area contributed by atoms with Crippen LogP contribution < -0.4 is 10.6 Å². The van der Waals surface area contributed by atoms with Crippen LogP contribution in [0, 0.1) is 0 Å². The first-order chi connectivity index (χ1) is 11.7. The first-order valence-corrected chi connectivity index (χ1v) is 9.90. The summed E-state index contributed by atoms with van der Waals surface area (Å²) in [6, 6.07) is 18.8. The van der Waals surface area contributed by atoms with Gasteiger partial charge in [0, 0.05) is 22.9 Å². The minimum atomic E-state index is -0.00183. The predicted octanol–water partition coefficient (Wildman–Crippen LogP) is 3.73. The molecule has 0 radical (unpaired) electrons. The summed E-state index contributed by atoms with van der Waals surface area (Å²) in [4.78, 5) is 23.5. The van der Waals surface area contributed by atoms with Crippen LogP contribution in [-0.2, 0) is 9.59 Å². The zero-order valence-corrected chi connectivity index (χ0v) is 14.9. The Morgan fingerprint density at radius 2 is 1.04 bits per heavy atom. The van der Waals surface area contributed by atoms with Crippen LogP contribution in [0.4, 0.5) is 11.4 Å². The maximum absolute atomic E-state index is 11.8. The van der Waals surface area contributed by atoms with Gasteiger partial charge in [-0.25, -0.2) is 0 Å². The zero-order valence-electron chi connectivity index (χ0n) is 13.2. The van der Waals surface area contributed by atoms with E-state index in [9.17, 15) is 9.59 Å². The fraction of sp³-hybridized carbons (Fsp3) is 0.222. The Kier molecular flexibility index (Phi) is 8.27. The molecule has 0 bridgehead atoms. The summed E-state index contributed by atoms with van der Waals surface area (Å²) in [5, 5.41) is 5.70. The van der Waals surface area contributed by atoms with Gasteiger partial charge < -0.3 is 10.6 Å². The van der Waals surface area contributed by atoms with Crippen molar-refractivity contribution in [2.75, 3.05) is 33.6 Å². The van der Waals surface area contributed by atoms with Crippen molar-refractivity contribution in [3.05, 3.63) is 60.7 Å². The molecule has 0 fully saturated rings. The van der Waals surface area contributed by atoms with E-state index in [4.69, 9.17) is 0 Å². The molecule has 0 unspecified atom stereocenters. The van der Waals surface area contributed by atoms with Gasteiger partial charge in [-0.2, -0.15) is 23.5 Å². The number of carbonyl (C=O) groups excluding carboxylic acids is 2. The van der Waals surface area contributed by atoms with Crippen molar-refractivity contribution in [1.82, 2.24) is 0 Å². The van der Waals surface area contributed by atoms with E-state index in [1.165, 1.54) is 0 Å². The Morgan fingerprint density at radius 3 is 1.42 bits per heavy atom. The minimum Gasteiger partial charge on any atom is -0.325 e. The topological polar surface area (TPSA) is 58.2 Å². The molecule has 24 heavy (non-hydrogen) atoms. The summed E-state index contributed by atoms with van der Waals surface area (Å²) in [6.07, 6.45) is 0. The molecule has 0 aliphatic rings. The van der Waals surface area contributed by atoms with E-state index in [1.54, 1.807) is 23.5 Å². The fourth-order valence-corrected chi connectivity index (χ4v) is 3.63. The third kappa shape index (κ3) is 7.57. The van der Waals surface area contributed by atoms with Crippen LogP contribution in [-0.4, -0.2) is 34.8 Å². The Morgan fingerprint density at radius 1 is 0.667 bits per heavy atom. The van der Waals surface area contributed by atoms with Gasteiger partial charge >= 0.3 is 0 Å². The van der Waals surface area contributed by atoms with E-state index in [1.807, 2.05) is 60.7 Å². The van der Waals surface area contributed by atoms with Gasteiger partial charge in [0.15, 0.2) is 0 Å². The summed E-state index contributed by atoms with van der Waals surface area (Å²) < 4.78 is 0. The highest BCUT2D eigenvalue weighted by Crippen LogP contribution is 2.11. The van der Waals surface area contributed by atoms with E-state index in [-0.39, 0.29) is 11.8 Å². The molecule has 4 nitrogen and oxygen atoms in total. The summed E-state index contributed by atoms with van der Waals surface area (Å²) in [6.45, 7) is 0. The Labute approximate surface area is 150 Å². The lowest BCUT2D eigenvalue weighted by Gasteiger charge is -2.06. The lowest BCUT2D eigenvalue weighted by Crippen LogP contribution is -2.15. The molecular formula is C18H20N2O2S2. The van der Waals surface area contributed by atoms with Crippen molar-refractivity contribution in [2.45, 2.75) is 0 Å². The molecule has 126 valence electrons. The molecule has 6 heteroatoms. The lowest BCUT2D eigenvalue weighted by molar-refractivity contribution is -0.114. The number of hydrogen-bond acceptors (Lipinski definition) is 4. The molecule has 0 saturated carbocycles. The van der Waals surface area contributed by atoms with Gasteiger partial charge in [0.1, 0.15) is 0 Å². The van der Waals surface area contributed by atoms with Crippen molar-refractivity contribution in [3.8, 4) is 0 Å². The number of anilines is 2. The highest BCUT2D eigenvalue weighted by atomic mass is 32.2. The molecule has 2 N–H and O–H groups in total. The highest BCUT2D eigenvalue weighted by molar-refractivity contribution is 8.03. The molecule has 2 amide bonds. The molecule has 2 rings (SSSR count). The summed E-state index contributed by atoms with van der Waals surface area (Å²) in [5.74, 6) is 2.52. The minimum absolute atomic E-state index is 0.00183. The van der Waals surface area contributed by atoms with E-state index in [0.29, 0.717) is 11.5 Å². The quantitative estimate of drug-likeness (QED) is 0.669. The Bertz CT molecular complexity index is 578. The summed E-state index contributed by atoms with van der Waals surface area (Å²) >= 11 is 3.14. The second-order valence-electron chi connectivity index (χ2n) is 4.93. The van der Waals surface area contributed by atoms with Gasteiger partial charge in [0.25, 0.3) is 0 Å². The molecule has 0 aliphatic heterocycles. The van der Waals surface area contributed by atoms with E-state index < -0.39 is 0 Å². The van der Waals surface area contributed by atoms with Gasteiger partial charge in [0.05, 0.1) is 11.5 Å². The highest BCUT2D eigenvalue weighted by Gasteiger charge is 2.04. The maximum Gasteiger partial charge on any atom is 0.234 e. The number of amides is 2. The van der Waals surface area contributed by atoms with Crippen molar-refractivity contribution >= 4 is 46.7 Å². The third-order valence-electron chi connectivity index (χ3n) is 2.95. The number of carbonyl (C=O) groups is 2. The second kappa shape index (κ2) is 10.8. The molecule has 0 heterocycles. The van der Waals surface area contributed by atoms with E-state index in [2.05, 4.69) is 10.6 Å². The molecular weight excluding hydrogens is 340 g/mol. The third-order valence-corrected chi connectivity index (χ3v) is 5.13. The lowest BCUT2D eigenvalue weighted by atomic mass is 10.3. The van der Waals surface area contributed by atoms with Crippen LogP contribution in [0.5, 0.6) is 0 Å². The summed E-state index contributed by atoms with van der Waals surface area (Å²) in [5.41, 5.74) is 1.63. The van der Waals surface area contributed by atoms with Crippen molar-refractivity contribution in [2.24, 2.45) is 0 Å². The van der Waals surface area contributed by atoms with Crippen molar-refractivity contribution in [1.29, 1.82) is 0 Å². The molecule has 0 spiro atoms. The number of thioether (sulfide) groups is 2. The standard InChI is InChI=1S/C18H20N2O2S2/c21-17(19-15-7-3-1-4-8-15)13-23-11-12-24-14-18(22)20-16-9-5-2-6-10-16/h1-10H,11-14H2,(H,19,21)(H,20,22). The molecule has 0 saturated heterocycles. The average molecular weight is 361 g/mol. The van der Waals surface area contributed by atoms with Crippen LogP contribution in [0.15, 0.2) is 60.7 Å². The van der Waals surface area contributed by atoms with Gasteiger partial charge in [-0.3, -0.25) is 9.59 Å². The smallest absolute Gasteiger partial charge is 0.234 e. The molecule has 0 aliphatic carbocycles. The van der Waals surface area contributed by atoms with Gasteiger partial charge in [-0.1, -0.05) is 36.4 Å². The number of hydrogen-bond donors (Lipinski definition) is 2. The monoisotopic (exact) mass is 360 g/mol. The predicted molar refractivity (Wildman–Crippen MR) is 105 cm³/mol. The van der Waals surface area contributed by atoms with Crippen molar-refractivity contribution < 1.29 is 9.59 Å². The summed E-state index contributed by atoms with van der Waals surface area (Å²) in [7, 11) is 0. The first kappa shape index (κ1) is 18.4. The number of rotatable bonds is 9. The normalized spacial score (nSPS) is 10.2. The molecule has 0 aromatic heterocycles. The van der Waals surface area contributed by atoms with Crippen LogP contribution in [0.1, 0.15) is 0 Å². The largest absolute Gasteiger partial charge is 0.325 e. The molecule has 2 aromatic rings. The number of para-hydroxylation sites is 2. The van der Waals surface area contributed by atoms with Crippen LogP contribution in [0.3, 0.4) is 0 Å². The fourth-order valence-electron chi connectivity index (χ4n) is 1.88. The number of nitrogens with one attached hydrogen (secondary N) is 2. The molecule has 2 aromatic carbocycles. The van der Waals surface area contributed by atoms with Crippen molar-refractivity contribution in [3.63, 3.8) is 0 Å². The molecule has 0 atom stereocenters. The van der Waals surface area contributed by atoms with E-state index in [0.717, 1.165) is 22.9 Å². The van der Waals surface area contributed by atoms with Gasteiger partial charge in [0.2, 0.25) is 11.8 Å². The average Bonchev–Trinajstić information content (AvgIpc) is 2.60. The zero-order chi connectivity index (χ0) is 17.0. The Hall–Kier alpha value is -1.92. The van der Waals surface area contributed by atoms with Gasteiger partial charge in [-0.15, -0.1) is 0 Å². The van der Waals surface area contributed by atoms with Gasteiger partial charge in [-0.05, 0) is 24.3 Å².